The number of benzene rings is 2. The number of H-pyrrole nitrogens is 2. The van der Waals surface area contributed by atoms with E-state index in [4.69, 9.17) is 0 Å². The average molecular weight is 387 g/mol. The zero-order valence-electron chi connectivity index (χ0n) is 15.3. The first-order valence-corrected chi connectivity index (χ1v) is 9.19. The van der Waals surface area contributed by atoms with Gasteiger partial charge in [-0.15, -0.1) is 0 Å². The van der Waals surface area contributed by atoms with Gasteiger partial charge in [0.15, 0.2) is 5.82 Å². The third kappa shape index (κ3) is 2.94. The van der Waals surface area contributed by atoms with Gasteiger partial charge in [-0.3, -0.25) is 9.59 Å². The van der Waals surface area contributed by atoms with Crippen molar-refractivity contribution in [2.24, 2.45) is 0 Å². The smallest absolute Gasteiger partial charge is 0.290 e. The lowest BCUT2D eigenvalue weighted by atomic mass is 9.90. The number of amides is 1. The van der Waals surface area contributed by atoms with Gasteiger partial charge in [-0.25, -0.2) is 9.97 Å². The quantitative estimate of drug-likeness (QED) is 0.487. The molecule has 0 spiro atoms. The van der Waals surface area contributed by atoms with Crippen molar-refractivity contribution < 1.29 is 9.90 Å². The summed E-state index contributed by atoms with van der Waals surface area (Å²) in [7, 11) is 0. The number of phenolic OH excluding ortho intramolecular Hbond substituents is 1. The Morgan fingerprint density at radius 3 is 2.90 bits per heavy atom. The molecule has 3 N–H and O–H groups in total. The van der Waals surface area contributed by atoms with Crippen LogP contribution in [-0.4, -0.2) is 42.4 Å². The number of hydrogen-bond donors (Lipinski definition) is 3. The van der Waals surface area contributed by atoms with Gasteiger partial charge in [-0.2, -0.15) is 0 Å². The second-order valence-corrected chi connectivity index (χ2v) is 7.03. The second kappa shape index (κ2) is 6.59. The van der Waals surface area contributed by atoms with Gasteiger partial charge in [-0.1, -0.05) is 24.3 Å². The van der Waals surface area contributed by atoms with Gasteiger partial charge in [-0.05, 0) is 29.8 Å². The number of fused-ring (bicyclic) bond motifs is 2. The molecular formula is C21H17N5O3. The first kappa shape index (κ1) is 17.2. The lowest BCUT2D eigenvalue weighted by Crippen LogP contribution is -2.40. The number of aromatic amines is 2. The van der Waals surface area contributed by atoms with Crippen molar-refractivity contribution in [3.05, 3.63) is 88.0 Å². The number of para-hydroxylation sites is 1. The maximum absolute atomic E-state index is 13.2. The standard InChI is InChI=1S/C21H17N5O3/c27-13-5-3-4-12(8-13)15-9-26(10-17-18(15)23-11-22-17)21(29)19-24-16-7-2-1-6-14(16)20(28)25-19/h1-8,11,15,27H,9-10H2,(H,22,23)(H,24,25,28). The van der Waals surface area contributed by atoms with Crippen molar-refractivity contribution in [2.45, 2.75) is 12.5 Å². The molecule has 1 aliphatic rings. The Morgan fingerprint density at radius 1 is 1.17 bits per heavy atom. The second-order valence-electron chi connectivity index (χ2n) is 7.03. The van der Waals surface area contributed by atoms with E-state index in [9.17, 15) is 14.7 Å². The molecule has 0 bridgehead atoms. The number of rotatable bonds is 2. The Kier molecular flexibility index (Phi) is 3.90. The molecule has 1 aliphatic heterocycles. The van der Waals surface area contributed by atoms with Crippen LogP contribution >= 0.6 is 0 Å². The van der Waals surface area contributed by atoms with Crippen LogP contribution in [-0.2, 0) is 6.54 Å². The minimum atomic E-state index is -0.363. The highest BCUT2D eigenvalue weighted by molar-refractivity contribution is 5.92. The fourth-order valence-electron chi connectivity index (χ4n) is 3.82. The molecule has 2 aromatic heterocycles. The maximum atomic E-state index is 13.2. The van der Waals surface area contributed by atoms with E-state index in [-0.39, 0.29) is 29.0 Å². The number of imidazole rings is 1. The Morgan fingerprint density at radius 2 is 2.03 bits per heavy atom. The predicted octanol–water partition coefficient (Wildman–Crippen LogP) is 2.14. The summed E-state index contributed by atoms with van der Waals surface area (Å²) in [5.74, 6) is -0.402. The summed E-state index contributed by atoms with van der Waals surface area (Å²) in [6.45, 7) is 0.691. The third-order valence-corrected chi connectivity index (χ3v) is 5.21. The number of phenols is 1. The van der Waals surface area contributed by atoms with Gasteiger partial charge in [0.25, 0.3) is 11.5 Å². The molecule has 0 fully saturated rings. The van der Waals surface area contributed by atoms with E-state index in [2.05, 4.69) is 19.9 Å². The molecule has 29 heavy (non-hydrogen) atoms. The molecule has 8 nitrogen and oxygen atoms in total. The molecular weight excluding hydrogens is 370 g/mol. The molecule has 0 saturated heterocycles. The van der Waals surface area contributed by atoms with Crippen molar-refractivity contribution in [1.82, 2.24) is 24.8 Å². The van der Waals surface area contributed by atoms with Crippen LogP contribution in [0.3, 0.4) is 0 Å². The van der Waals surface area contributed by atoms with Crippen LogP contribution in [0.15, 0.2) is 59.7 Å². The molecule has 0 saturated carbocycles. The molecule has 144 valence electrons. The van der Waals surface area contributed by atoms with Crippen LogP contribution in [0, 0.1) is 0 Å². The van der Waals surface area contributed by atoms with Gasteiger partial charge in [0.05, 0.1) is 35.2 Å². The van der Waals surface area contributed by atoms with E-state index in [1.54, 1.807) is 53.7 Å². The van der Waals surface area contributed by atoms with Crippen LogP contribution in [0.4, 0.5) is 0 Å². The number of aromatic hydroxyl groups is 1. The van der Waals surface area contributed by atoms with Crippen molar-refractivity contribution in [1.29, 1.82) is 0 Å². The van der Waals surface area contributed by atoms with E-state index in [0.717, 1.165) is 17.0 Å². The van der Waals surface area contributed by atoms with Crippen molar-refractivity contribution in [3.8, 4) is 5.75 Å². The number of carbonyl (C=O) groups excluding carboxylic acids is 1. The molecule has 1 unspecified atom stereocenters. The highest BCUT2D eigenvalue weighted by Crippen LogP contribution is 2.33. The Bertz CT molecular complexity index is 1290. The average Bonchev–Trinajstić information content (AvgIpc) is 3.21. The highest BCUT2D eigenvalue weighted by Gasteiger charge is 2.32. The van der Waals surface area contributed by atoms with Crippen LogP contribution in [0.5, 0.6) is 5.75 Å². The molecule has 8 heteroatoms. The number of carbonyl (C=O) groups is 1. The third-order valence-electron chi connectivity index (χ3n) is 5.21. The van der Waals surface area contributed by atoms with Crippen molar-refractivity contribution in [3.63, 3.8) is 0 Å². The normalized spacial score (nSPS) is 16.0. The molecule has 3 heterocycles. The van der Waals surface area contributed by atoms with E-state index in [1.165, 1.54) is 0 Å². The molecule has 2 aromatic carbocycles. The Balaban J connectivity index is 1.53. The van der Waals surface area contributed by atoms with Crippen molar-refractivity contribution >= 4 is 16.8 Å². The summed E-state index contributed by atoms with van der Waals surface area (Å²) in [6.07, 6.45) is 1.60. The summed E-state index contributed by atoms with van der Waals surface area (Å²) in [6, 6.07) is 13.8. The molecule has 5 rings (SSSR count). The van der Waals surface area contributed by atoms with E-state index in [0.29, 0.717) is 24.0 Å². The SMILES string of the molecule is O=C(c1nc2ccccc2c(=O)[nH]1)N1Cc2[nH]cnc2C(c2cccc(O)c2)C1. The predicted molar refractivity (Wildman–Crippen MR) is 106 cm³/mol. The summed E-state index contributed by atoms with van der Waals surface area (Å²) < 4.78 is 0. The van der Waals surface area contributed by atoms with E-state index < -0.39 is 0 Å². The fraction of sp³-hybridized carbons (Fsp3) is 0.143. The van der Waals surface area contributed by atoms with Crippen LogP contribution in [0.1, 0.15) is 33.5 Å². The summed E-state index contributed by atoms with van der Waals surface area (Å²) in [5.41, 5.74) is 2.66. The van der Waals surface area contributed by atoms with Crippen LogP contribution in [0.25, 0.3) is 10.9 Å². The molecule has 0 aliphatic carbocycles. The van der Waals surface area contributed by atoms with Gasteiger partial charge >= 0.3 is 0 Å². The first-order chi connectivity index (χ1) is 14.1. The summed E-state index contributed by atoms with van der Waals surface area (Å²) in [5, 5.41) is 10.3. The largest absolute Gasteiger partial charge is 0.508 e. The highest BCUT2D eigenvalue weighted by atomic mass is 16.3. The zero-order valence-corrected chi connectivity index (χ0v) is 15.3. The molecule has 0 radical (unpaired) electrons. The minimum Gasteiger partial charge on any atom is -0.508 e. The lowest BCUT2D eigenvalue weighted by Gasteiger charge is -2.32. The van der Waals surface area contributed by atoms with Crippen molar-refractivity contribution in [2.75, 3.05) is 6.54 Å². The van der Waals surface area contributed by atoms with Crippen LogP contribution in [0.2, 0.25) is 0 Å². The minimum absolute atomic E-state index is 0.00586. The Hall–Kier alpha value is -3.94. The molecule has 1 amide bonds. The zero-order chi connectivity index (χ0) is 20.0. The molecule has 1 atom stereocenters. The number of hydrogen-bond acceptors (Lipinski definition) is 5. The fourth-order valence-corrected chi connectivity index (χ4v) is 3.82. The number of nitrogens with one attached hydrogen (secondary N) is 2. The number of aromatic nitrogens is 4. The van der Waals surface area contributed by atoms with Gasteiger partial charge < -0.3 is 20.0 Å². The summed E-state index contributed by atoms with van der Waals surface area (Å²) in [4.78, 5) is 41.6. The maximum Gasteiger partial charge on any atom is 0.290 e. The number of nitrogens with zero attached hydrogens (tertiary/aromatic N) is 3. The van der Waals surface area contributed by atoms with Gasteiger partial charge in [0.1, 0.15) is 5.75 Å². The first-order valence-electron chi connectivity index (χ1n) is 9.19. The molecule has 4 aromatic rings. The lowest BCUT2D eigenvalue weighted by molar-refractivity contribution is 0.0709. The van der Waals surface area contributed by atoms with Gasteiger partial charge in [0.2, 0.25) is 0 Å². The van der Waals surface area contributed by atoms with Crippen LogP contribution < -0.4 is 5.56 Å². The topological polar surface area (TPSA) is 115 Å². The van der Waals surface area contributed by atoms with Gasteiger partial charge in [0, 0.05) is 12.5 Å². The van der Waals surface area contributed by atoms with E-state index in [1.807, 2.05) is 6.07 Å². The summed E-state index contributed by atoms with van der Waals surface area (Å²) >= 11 is 0. The Labute approximate surface area is 164 Å². The van der Waals surface area contributed by atoms with E-state index >= 15 is 0 Å². The monoisotopic (exact) mass is 387 g/mol.